The van der Waals surface area contributed by atoms with Gasteiger partial charge in [0.05, 0.1) is 28.5 Å². The summed E-state index contributed by atoms with van der Waals surface area (Å²) >= 11 is 13.0. The number of hydrogen-bond donors (Lipinski definition) is 1. The van der Waals surface area contributed by atoms with Gasteiger partial charge in [-0.25, -0.2) is 4.68 Å². The van der Waals surface area contributed by atoms with Gasteiger partial charge in [-0.1, -0.05) is 31.5 Å². The summed E-state index contributed by atoms with van der Waals surface area (Å²) in [6.45, 7) is 10.9. The standard InChI is InChI=1S/C29H33ClN8S/c1-18-11-19(2)15-35(14-18)26-9-8-22(13-24(26)30)37-28(27(34-29(37)39)25-7-5-6-10-31-25)23-12-20(3)38(21(23)4)36-16-32-33-17-36/h5-10,12-13,16-19,27-28H,11,14-15H2,1-4H3,(H,34,39)/t18-,19-,27+,28-/m1/s1. The number of nitrogens with one attached hydrogen (secondary N) is 1. The van der Waals surface area contributed by atoms with Crippen LogP contribution in [0.1, 0.15) is 55.0 Å². The van der Waals surface area contributed by atoms with Crippen molar-refractivity contribution in [3.05, 3.63) is 89.0 Å². The Labute approximate surface area is 239 Å². The molecule has 0 saturated carbocycles. The van der Waals surface area contributed by atoms with Gasteiger partial charge in [0.15, 0.2) is 5.11 Å². The van der Waals surface area contributed by atoms with Gasteiger partial charge in [-0.3, -0.25) is 9.66 Å². The number of pyridine rings is 1. The van der Waals surface area contributed by atoms with E-state index in [1.54, 1.807) is 12.7 Å². The van der Waals surface area contributed by atoms with Crippen molar-refractivity contribution in [3.8, 4) is 0 Å². The third-order valence-corrected chi connectivity index (χ3v) is 8.52. The summed E-state index contributed by atoms with van der Waals surface area (Å²) in [4.78, 5) is 9.31. The Bertz CT molecular complexity index is 1470. The molecule has 0 radical (unpaired) electrons. The van der Waals surface area contributed by atoms with Crippen LogP contribution in [0, 0.1) is 25.7 Å². The van der Waals surface area contributed by atoms with E-state index in [9.17, 15) is 0 Å². The molecule has 2 aliphatic rings. The lowest BCUT2D eigenvalue weighted by molar-refractivity contribution is 0.357. The topological polar surface area (TPSA) is 67.0 Å². The monoisotopic (exact) mass is 560 g/mol. The number of nitrogens with zero attached hydrogens (tertiary/aromatic N) is 7. The van der Waals surface area contributed by atoms with E-state index in [2.05, 4.69) is 82.0 Å². The van der Waals surface area contributed by atoms with Crippen molar-refractivity contribution in [2.24, 2.45) is 11.8 Å². The van der Waals surface area contributed by atoms with Crippen LogP contribution in [0.5, 0.6) is 0 Å². The summed E-state index contributed by atoms with van der Waals surface area (Å²) < 4.78 is 4.00. The molecule has 0 aliphatic carbocycles. The zero-order valence-electron chi connectivity index (χ0n) is 22.6. The maximum absolute atomic E-state index is 6.99. The SMILES string of the molecule is Cc1cc([C@@H]2[C@H](c3ccccn3)NC(=S)N2c2ccc(N3C[C@H](C)C[C@@H](C)C3)c(Cl)c2)c(C)n1-n1cnnc1. The molecule has 6 rings (SSSR count). The number of aryl methyl sites for hydroxylation is 1. The van der Waals surface area contributed by atoms with Crippen LogP contribution in [-0.4, -0.2) is 42.7 Å². The second kappa shape index (κ2) is 10.3. The lowest BCUT2D eigenvalue weighted by atomic mass is 9.91. The molecule has 202 valence electrons. The van der Waals surface area contributed by atoms with Crippen LogP contribution in [-0.2, 0) is 0 Å². The average molecular weight is 561 g/mol. The molecule has 10 heteroatoms. The quantitative estimate of drug-likeness (QED) is 0.313. The van der Waals surface area contributed by atoms with Crippen LogP contribution in [0.3, 0.4) is 0 Å². The number of halogens is 1. The predicted molar refractivity (Wildman–Crippen MR) is 159 cm³/mol. The molecule has 2 fully saturated rings. The van der Waals surface area contributed by atoms with Crippen LogP contribution < -0.4 is 15.1 Å². The Morgan fingerprint density at radius 2 is 1.74 bits per heavy atom. The highest BCUT2D eigenvalue weighted by atomic mass is 35.5. The van der Waals surface area contributed by atoms with Gasteiger partial charge in [0.25, 0.3) is 0 Å². The third kappa shape index (κ3) is 4.67. The minimum atomic E-state index is -0.143. The molecule has 0 unspecified atom stereocenters. The fraction of sp³-hybridized carbons (Fsp3) is 0.379. The first kappa shape index (κ1) is 25.8. The highest BCUT2D eigenvalue weighted by molar-refractivity contribution is 7.80. The molecule has 2 saturated heterocycles. The van der Waals surface area contributed by atoms with Crippen molar-refractivity contribution in [1.29, 1.82) is 0 Å². The van der Waals surface area contributed by atoms with Crippen molar-refractivity contribution < 1.29 is 0 Å². The number of benzene rings is 1. The van der Waals surface area contributed by atoms with Crippen LogP contribution in [0.2, 0.25) is 5.02 Å². The smallest absolute Gasteiger partial charge is 0.174 e. The normalized spacial score (nSPS) is 23.4. The van der Waals surface area contributed by atoms with E-state index in [0.717, 1.165) is 52.1 Å². The molecule has 4 aromatic rings. The third-order valence-electron chi connectivity index (χ3n) is 7.91. The summed E-state index contributed by atoms with van der Waals surface area (Å²) in [6.07, 6.45) is 6.49. The molecule has 2 aliphatic heterocycles. The van der Waals surface area contributed by atoms with Crippen molar-refractivity contribution >= 4 is 40.3 Å². The van der Waals surface area contributed by atoms with Gasteiger partial charge in [-0.05, 0) is 80.7 Å². The van der Waals surface area contributed by atoms with Crippen LogP contribution in [0.15, 0.2) is 61.3 Å². The summed E-state index contributed by atoms with van der Waals surface area (Å²) in [6, 6.07) is 14.3. The summed E-state index contributed by atoms with van der Waals surface area (Å²) in [5.41, 5.74) is 6.26. The Morgan fingerprint density at radius 3 is 2.41 bits per heavy atom. The zero-order chi connectivity index (χ0) is 27.3. The number of piperidine rings is 1. The van der Waals surface area contributed by atoms with E-state index in [0.29, 0.717) is 16.9 Å². The number of anilines is 2. The molecular formula is C29H33ClN8S. The van der Waals surface area contributed by atoms with Gasteiger partial charge in [0, 0.05) is 41.9 Å². The van der Waals surface area contributed by atoms with Crippen LogP contribution in [0.25, 0.3) is 0 Å². The van der Waals surface area contributed by atoms with Crippen molar-refractivity contribution in [3.63, 3.8) is 0 Å². The summed E-state index contributed by atoms with van der Waals surface area (Å²) in [5, 5.41) is 13.0. The Hall–Kier alpha value is -3.43. The molecule has 39 heavy (non-hydrogen) atoms. The van der Waals surface area contributed by atoms with Crippen molar-refractivity contribution in [1.82, 2.24) is 29.9 Å². The zero-order valence-corrected chi connectivity index (χ0v) is 24.2. The minimum Gasteiger partial charge on any atom is -0.370 e. The maximum atomic E-state index is 6.99. The summed E-state index contributed by atoms with van der Waals surface area (Å²) in [7, 11) is 0. The highest BCUT2D eigenvalue weighted by Gasteiger charge is 2.42. The van der Waals surface area contributed by atoms with Gasteiger partial charge in [0.2, 0.25) is 0 Å². The Morgan fingerprint density at radius 1 is 1.00 bits per heavy atom. The number of thiocarbonyl (C=S) groups is 1. The Kier molecular flexibility index (Phi) is 6.81. The lowest BCUT2D eigenvalue weighted by Gasteiger charge is -2.37. The van der Waals surface area contributed by atoms with Crippen molar-refractivity contribution in [2.45, 2.75) is 46.2 Å². The maximum Gasteiger partial charge on any atom is 0.174 e. The van der Waals surface area contributed by atoms with Gasteiger partial charge < -0.3 is 15.1 Å². The van der Waals surface area contributed by atoms with E-state index in [1.807, 2.05) is 29.1 Å². The van der Waals surface area contributed by atoms with E-state index in [4.69, 9.17) is 28.8 Å². The molecule has 3 aromatic heterocycles. The van der Waals surface area contributed by atoms with Gasteiger partial charge in [-0.2, -0.15) is 0 Å². The number of hydrogen-bond acceptors (Lipinski definition) is 5. The molecule has 0 bridgehead atoms. The van der Waals surface area contributed by atoms with Gasteiger partial charge in [0.1, 0.15) is 12.7 Å². The van der Waals surface area contributed by atoms with E-state index >= 15 is 0 Å². The molecule has 0 spiro atoms. The van der Waals surface area contributed by atoms with Crippen LogP contribution >= 0.6 is 23.8 Å². The molecular weight excluding hydrogens is 528 g/mol. The first-order chi connectivity index (χ1) is 18.8. The van der Waals surface area contributed by atoms with Gasteiger partial charge >= 0.3 is 0 Å². The second-order valence-corrected chi connectivity index (χ2v) is 11.8. The Balaban J connectivity index is 1.43. The molecule has 5 heterocycles. The summed E-state index contributed by atoms with van der Waals surface area (Å²) in [5.74, 6) is 1.29. The average Bonchev–Trinajstić information content (AvgIpc) is 3.61. The molecule has 8 nitrogen and oxygen atoms in total. The first-order valence-corrected chi connectivity index (χ1v) is 14.2. The first-order valence-electron chi connectivity index (χ1n) is 13.4. The van der Waals surface area contributed by atoms with E-state index in [-0.39, 0.29) is 12.1 Å². The molecule has 0 amide bonds. The minimum absolute atomic E-state index is 0.138. The lowest BCUT2D eigenvalue weighted by Crippen LogP contribution is -2.38. The second-order valence-electron chi connectivity index (χ2n) is 11.0. The fourth-order valence-electron chi connectivity index (χ4n) is 6.44. The molecule has 1 aromatic carbocycles. The molecule has 1 N–H and O–H groups in total. The van der Waals surface area contributed by atoms with Crippen molar-refractivity contribution in [2.75, 3.05) is 22.9 Å². The number of aromatic nitrogens is 5. The van der Waals surface area contributed by atoms with E-state index < -0.39 is 0 Å². The largest absolute Gasteiger partial charge is 0.370 e. The molecule has 4 atom stereocenters. The predicted octanol–water partition coefficient (Wildman–Crippen LogP) is 5.72. The highest BCUT2D eigenvalue weighted by Crippen LogP contribution is 2.45. The number of rotatable bonds is 5. The van der Waals surface area contributed by atoms with Gasteiger partial charge in [-0.15, -0.1) is 10.2 Å². The van der Waals surface area contributed by atoms with E-state index in [1.165, 1.54) is 6.42 Å². The van der Waals surface area contributed by atoms with Crippen LogP contribution in [0.4, 0.5) is 11.4 Å². The fourth-order valence-corrected chi connectivity index (χ4v) is 7.08.